The van der Waals surface area contributed by atoms with Crippen LogP contribution in [0.3, 0.4) is 0 Å². The largest absolute Gasteiger partial charge is 0.508 e. The second-order valence-electron chi connectivity index (χ2n) is 13.8. The predicted octanol–water partition coefficient (Wildman–Crippen LogP) is 10.9. The summed E-state index contributed by atoms with van der Waals surface area (Å²) in [5.41, 5.74) is 9.88. The first-order valence-electron chi connectivity index (χ1n) is 19.0. The molecule has 7 rings (SSSR count). The van der Waals surface area contributed by atoms with Crippen molar-refractivity contribution in [2.75, 3.05) is 26.2 Å². The molecule has 0 aliphatic carbocycles. The summed E-state index contributed by atoms with van der Waals surface area (Å²) in [4.78, 5) is 2.47. The molecule has 0 radical (unpaired) electrons. The van der Waals surface area contributed by atoms with Crippen molar-refractivity contribution < 1.29 is 29.9 Å². The molecule has 4 N–H and O–H groups in total. The second kappa shape index (κ2) is 17.9. The molecule has 0 bridgehead atoms. The Bertz CT molecular complexity index is 1990. The first-order valence-corrected chi connectivity index (χ1v) is 19.0. The molecule has 1 atom stereocenters. The van der Waals surface area contributed by atoms with Crippen molar-refractivity contribution in [1.29, 1.82) is 0 Å². The van der Waals surface area contributed by atoms with Crippen molar-refractivity contribution in [2.24, 2.45) is 0 Å². The fourth-order valence-corrected chi connectivity index (χ4v) is 7.41. The lowest BCUT2D eigenvalue weighted by Crippen LogP contribution is -2.33. The Morgan fingerprint density at radius 3 is 1.70 bits per heavy atom. The van der Waals surface area contributed by atoms with Crippen LogP contribution < -0.4 is 9.47 Å². The van der Waals surface area contributed by atoms with E-state index in [1.54, 1.807) is 48.5 Å². The highest BCUT2D eigenvalue weighted by atomic mass is 16.5. The van der Waals surface area contributed by atoms with Crippen LogP contribution in [0.2, 0.25) is 0 Å². The molecule has 5 aromatic carbocycles. The van der Waals surface area contributed by atoms with Gasteiger partial charge in [0.25, 0.3) is 0 Å². The maximum Gasteiger partial charge on any atom is 0.150 e. The Morgan fingerprint density at radius 2 is 1.17 bits per heavy atom. The van der Waals surface area contributed by atoms with Gasteiger partial charge in [0.1, 0.15) is 47.2 Å². The second-order valence-corrected chi connectivity index (χ2v) is 13.8. The molecule has 0 aromatic heterocycles. The zero-order chi connectivity index (χ0) is 38.0. The van der Waals surface area contributed by atoms with Crippen molar-refractivity contribution in [3.05, 3.63) is 143 Å². The van der Waals surface area contributed by atoms with Gasteiger partial charge in [0.15, 0.2) is 0 Å². The molecule has 2 aliphatic heterocycles. The van der Waals surface area contributed by atoms with Crippen LogP contribution in [0.4, 0.5) is 0 Å². The Labute approximate surface area is 319 Å². The first-order chi connectivity index (χ1) is 26.2. The number of fused-ring (bicyclic) bond motifs is 1. The van der Waals surface area contributed by atoms with E-state index in [-0.39, 0.29) is 29.1 Å². The number of nitrogens with zero attached hydrogens (tertiary/aromatic N) is 1. The zero-order valence-corrected chi connectivity index (χ0v) is 31.5. The quantitative estimate of drug-likeness (QED) is 0.106. The summed E-state index contributed by atoms with van der Waals surface area (Å²) in [5, 5.41) is 38.6. The summed E-state index contributed by atoms with van der Waals surface area (Å²) in [7, 11) is 0. The molecule has 54 heavy (non-hydrogen) atoms. The number of phenolic OH excluding ortho intramolecular Hbond substituents is 4. The van der Waals surface area contributed by atoms with E-state index in [9.17, 15) is 20.4 Å². The monoisotopic (exact) mass is 725 g/mol. The Kier molecular flexibility index (Phi) is 12.6. The average Bonchev–Trinajstić information content (AvgIpc) is 3.19. The summed E-state index contributed by atoms with van der Waals surface area (Å²) >= 11 is 0. The smallest absolute Gasteiger partial charge is 0.150 e. The van der Waals surface area contributed by atoms with Crippen LogP contribution in [0.5, 0.6) is 34.5 Å². The SMILES string of the molecule is CC/C(=C(/CC)c1ccc(O)cc1)c1ccc(O)cc1.CC1=C(c2ccc(O)cc2)[C@H](c2ccc(OCCN3CCCCC3)cc2)Oc2cc(O)ccc21. The average molecular weight is 726 g/mol. The zero-order valence-electron chi connectivity index (χ0n) is 31.5. The number of piperidine rings is 1. The number of likely N-dealkylation sites (tertiary alicyclic amines) is 1. The van der Waals surface area contributed by atoms with E-state index in [1.807, 2.05) is 66.7 Å². The van der Waals surface area contributed by atoms with Crippen molar-refractivity contribution >= 4 is 22.3 Å². The van der Waals surface area contributed by atoms with E-state index in [2.05, 4.69) is 25.7 Å². The molecule has 280 valence electrons. The fourth-order valence-electron chi connectivity index (χ4n) is 7.41. The van der Waals surface area contributed by atoms with E-state index in [0.29, 0.717) is 12.4 Å². The van der Waals surface area contributed by atoms with Gasteiger partial charge in [-0.15, -0.1) is 0 Å². The van der Waals surface area contributed by atoms with Crippen molar-refractivity contribution in [3.8, 4) is 34.5 Å². The van der Waals surface area contributed by atoms with Crippen LogP contribution in [0.1, 0.15) is 86.8 Å². The standard InChI is InChI=1S/C29H31NO4.C18H20O2/c1-20-26-14-11-24(32)19-27(26)34-29(28(20)21-5-9-23(31)10-6-21)22-7-12-25(13-8-22)33-18-17-30-15-3-2-4-16-30;1-3-17(13-5-9-15(19)10-6-13)18(4-2)14-7-11-16(20)12-8-14/h5-14,19,29,31-32H,2-4,15-18H2,1H3;5-12,19-20H,3-4H2,1-2H3/b;18-17+/t29-;/m0./s1. The molecule has 7 heteroatoms. The van der Waals surface area contributed by atoms with Crippen LogP contribution in [-0.4, -0.2) is 51.6 Å². The van der Waals surface area contributed by atoms with Gasteiger partial charge in [-0.3, -0.25) is 4.90 Å². The molecule has 2 heterocycles. The molecule has 0 unspecified atom stereocenters. The highest BCUT2D eigenvalue weighted by molar-refractivity contribution is 5.95. The van der Waals surface area contributed by atoms with Crippen LogP contribution in [0.15, 0.2) is 115 Å². The third-order valence-corrected chi connectivity index (χ3v) is 10.3. The fraction of sp³-hybridized carbons (Fsp3) is 0.277. The third kappa shape index (κ3) is 9.28. The van der Waals surface area contributed by atoms with Gasteiger partial charge in [0.05, 0.1) is 0 Å². The lowest BCUT2D eigenvalue weighted by Gasteiger charge is -2.31. The molecule has 0 amide bonds. The van der Waals surface area contributed by atoms with Gasteiger partial charge < -0.3 is 29.9 Å². The molecule has 0 saturated carbocycles. The lowest BCUT2D eigenvalue weighted by atomic mass is 9.86. The molecule has 7 nitrogen and oxygen atoms in total. The van der Waals surface area contributed by atoms with Crippen LogP contribution >= 0.6 is 0 Å². The molecular formula is C47H51NO6. The number of aromatic hydroxyl groups is 4. The number of hydrogen-bond acceptors (Lipinski definition) is 7. The van der Waals surface area contributed by atoms with Gasteiger partial charge >= 0.3 is 0 Å². The van der Waals surface area contributed by atoms with Crippen molar-refractivity contribution in [3.63, 3.8) is 0 Å². The van der Waals surface area contributed by atoms with E-state index >= 15 is 0 Å². The molecule has 0 spiro atoms. The minimum absolute atomic E-state index is 0.177. The van der Waals surface area contributed by atoms with Gasteiger partial charge in [0, 0.05) is 23.7 Å². The summed E-state index contributed by atoms with van der Waals surface area (Å²) < 4.78 is 12.5. The molecule has 2 aliphatic rings. The van der Waals surface area contributed by atoms with Crippen LogP contribution in [0.25, 0.3) is 22.3 Å². The summed E-state index contributed by atoms with van der Waals surface area (Å²) in [6, 6.07) is 35.2. The lowest BCUT2D eigenvalue weighted by molar-refractivity contribution is 0.183. The van der Waals surface area contributed by atoms with Crippen LogP contribution in [-0.2, 0) is 0 Å². The highest BCUT2D eigenvalue weighted by Crippen LogP contribution is 2.47. The number of ether oxygens (including phenoxy) is 2. The Hall–Kier alpha value is -5.66. The Morgan fingerprint density at radius 1 is 0.648 bits per heavy atom. The number of allylic oxidation sites excluding steroid dienone is 3. The summed E-state index contributed by atoms with van der Waals surface area (Å²) in [6.07, 6.45) is 5.41. The van der Waals surface area contributed by atoms with Gasteiger partial charge in [0.2, 0.25) is 0 Å². The van der Waals surface area contributed by atoms with E-state index in [1.165, 1.54) is 43.5 Å². The van der Waals surface area contributed by atoms with Crippen LogP contribution in [0, 0.1) is 0 Å². The van der Waals surface area contributed by atoms with Gasteiger partial charge in [-0.1, -0.05) is 68.8 Å². The van der Waals surface area contributed by atoms with Crippen molar-refractivity contribution in [1.82, 2.24) is 4.90 Å². The number of rotatable bonds is 10. The number of hydrogen-bond donors (Lipinski definition) is 4. The minimum atomic E-state index is -0.346. The minimum Gasteiger partial charge on any atom is -0.508 e. The van der Waals surface area contributed by atoms with Crippen molar-refractivity contribution in [2.45, 2.75) is 59.0 Å². The first kappa shape index (κ1) is 38.1. The van der Waals surface area contributed by atoms with Gasteiger partial charge in [-0.05, 0) is 145 Å². The van der Waals surface area contributed by atoms with E-state index in [4.69, 9.17) is 9.47 Å². The van der Waals surface area contributed by atoms with E-state index in [0.717, 1.165) is 64.1 Å². The maximum absolute atomic E-state index is 10.0. The summed E-state index contributed by atoms with van der Waals surface area (Å²) in [6.45, 7) is 10.3. The molecule has 1 fully saturated rings. The number of phenols is 4. The molecular weight excluding hydrogens is 675 g/mol. The topological polar surface area (TPSA) is 103 Å². The van der Waals surface area contributed by atoms with E-state index < -0.39 is 0 Å². The highest BCUT2D eigenvalue weighted by Gasteiger charge is 2.29. The molecule has 1 saturated heterocycles. The normalized spacial score (nSPS) is 16.0. The molecule has 5 aromatic rings. The Balaban J connectivity index is 0.000000212. The third-order valence-electron chi connectivity index (χ3n) is 10.3. The number of benzene rings is 5. The summed E-state index contributed by atoms with van der Waals surface area (Å²) in [5.74, 6) is 2.48. The van der Waals surface area contributed by atoms with Gasteiger partial charge in [-0.25, -0.2) is 0 Å². The van der Waals surface area contributed by atoms with Gasteiger partial charge in [-0.2, -0.15) is 0 Å². The predicted molar refractivity (Wildman–Crippen MR) is 218 cm³/mol. The maximum atomic E-state index is 10.0.